The molecular formula is C21H15Cl2N. The number of benzene rings is 3. The second-order valence-corrected chi connectivity index (χ2v) is 5.89. The number of aromatic nitrogens is 1. The summed E-state index contributed by atoms with van der Waals surface area (Å²) < 4.78 is 0. The number of pyridine rings is 1. The van der Waals surface area contributed by atoms with E-state index in [0.717, 1.165) is 27.2 Å². The highest BCUT2D eigenvalue weighted by atomic mass is 35.5. The van der Waals surface area contributed by atoms with Gasteiger partial charge in [-0.05, 0) is 35.4 Å². The van der Waals surface area contributed by atoms with Gasteiger partial charge in [0.2, 0.25) is 0 Å². The smallest absolute Gasteiger partial charge is 0.0716 e. The summed E-state index contributed by atoms with van der Waals surface area (Å²) in [6.45, 7) is 0. The Morgan fingerprint density at radius 3 is 2.17 bits per heavy atom. The molecule has 0 aliphatic carbocycles. The summed E-state index contributed by atoms with van der Waals surface area (Å²) in [4.78, 5) is 4.81. The molecule has 0 unspecified atom stereocenters. The van der Waals surface area contributed by atoms with Crippen molar-refractivity contribution >= 4 is 34.9 Å². The molecule has 1 aromatic heterocycles. The number of hydrogen-bond donors (Lipinski definition) is 0. The first-order chi connectivity index (χ1) is 11.3. The third kappa shape index (κ3) is 3.14. The van der Waals surface area contributed by atoms with E-state index in [0.29, 0.717) is 0 Å². The van der Waals surface area contributed by atoms with Crippen LogP contribution in [0.15, 0.2) is 84.9 Å². The Labute approximate surface area is 152 Å². The van der Waals surface area contributed by atoms with Crippen molar-refractivity contribution in [3.63, 3.8) is 0 Å². The number of rotatable bonds is 2. The molecule has 0 aliphatic heterocycles. The van der Waals surface area contributed by atoms with Gasteiger partial charge in [-0.15, -0.1) is 12.4 Å². The first kappa shape index (κ1) is 16.5. The van der Waals surface area contributed by atoms with Crippen molar-refractivity contribution in [2.75, 3.05) is 0 Å². The van der Waals surface area contributed by atoms with E-state index in [1.165, 1.54) is 11.1 Å². The summed E-state index contributed by atoms with van der Waals surface area (Å²) in [5.41, 5.74) is 5.33. The van der Waals surface area contributed by atoms with Crippen molar-refractivity contribution in [2.45, 2.75) is 0 Å². The number of fused-ring (bicyclic) bond motifs is 1. The molecule has 0 aliphatic rings. The van der Waals surface area contributed by atoms with Gasteiger partial charge in [-0.1, -0.05) is 72.3 Å². The first-order valence-corrected chi connectivity index (χ1v) is 7.90. The van der Waals surface area contributed by atoms with Gasteiger partial charge in [-0.2, -0.15) is 0 Å². The van der Waals surface area contributed by atoms with Gasteiger partial charge in [0.15, 0.2) is 0 Å². The molecule has 0 fully saturated rings. The molecule has 3 heteroatoms. The molecule has 4 aromatic rings. The van der Waals surface area contributed by atoms with Gasteiger partial charge in [0.1, 0.15) is 0 Å². The molecule has 0 saturated carbocycles. The number of halogens is 2. The first-order valence-electron chi connectivity index (χ1n) is 7.52. The average Bonchev–Trinajstić information content (AvgIpc) is 2.61. The molecule has 1 heterocycles. The molecule has 4 rings (SSSR count). The monoisotopic (exact) mass is 351 g/mol. The minimum atomic E-state index is 0. The van der Waals surface area contributed by atoms with E-state index >= 15 is 0 Å². The fourth-order valence-corrected chi connectivity index (χ4v) is 3.02. The lowest BCUT2D eigenvalue weighted by Gasteiger charge is -2.10. The van der Waals surface area contributed by atoms with Crippen molar-refractivity contribution in [3.8, 4) is 22.4 Å². The lowest BCUT2D eigenvalue weighted by Crippen LogP contribution is -1.89. The predicted molar refractivity (Wildman–Crippen MR) is 105 cm³/mol. The third-order valence-electron chi connectivity index (χ3n) is 3.92. The third-order valence-corrected chi connectivity index (χ3v) is 4.16. The van der Waals surface area contributed by atoms with Crippen LogP contribution in [-0.4, -0.2) is 4.98 Å². The van der Waals surface area contributed by atoms with Gasteiger partial charge < -0.3 is 0 Å². The zero-order valence-electron chi connectivity index (χ0n) is 12.8. The van der Waals surface area contributed by atoms with E-state index in [2.05, 4.69) is 48.5 Å². The van der Waals surface area contributed by atoms with Crippen LogP contribution in [0, 0.1) is 0 Å². The average molecular weight is 352 g/mol. The Kier molecular flexibility index (Phi) is 4.84. The predicted octanol–water partition coefficient (Wildman–Crippen LogP) is 6.64. The molecular weight excluding hydrogens is 337 g/mol. The molecule has 3 aromatic carbocycles. The zero-order valence-corrected chi connectivity index (χ0v) is 14.4. The van der Waals surface area contributed by atoms with Crippen LogP contribution in [0.1, 0.15) is 0 Å². The van der Waals surface area contributed by atoms with E-state index < -0.39 is 0 Å². The Bertz CT molecular complexity index is 981. The van der Waals surface area contributed by atoms with Crippen LogP contribution < -0.4 is 0 Å². The van der Waals surface area contributed by atoms with Crippen LogP contribution in [0.2, 0.25) is 5.02 Å². The maximum atomic E-state index is 6.14. The molecule has 0 bridgehead atoms. The number of para-hydroxylation sites is 1. The van der Waals surface area contributed by atoms with Crippen LogP contribution in [0.4, 0.5) is 0 Å². The van der Waals surface area contributed by atoms with Crippen LogP contribution in [0.25, 0.3) is 33.3 Å². The van der Waals surface area contributed by atoms with Crippen LogP contribution in [0.3, 0.4) is 0 Å². The highest BCUT2D eigenvalue weighted by molar-refractivity contribution is 6.30. The Morgan fingerprint density at radius 2 is 1.38 bits per heavy atom. The molecule has 0 spiro atoms. The maximum Gasteiger partial charge on any atom is 0.0716 e. The van der Waals surface area contributed by atoms with E-state index in [1.54, 1.807) is 0 Å². The normalized spacial score (nSPS) is 10.4. The zero-order chi connectivity index (χ0) is 15.6. The molecule has 0 amide bonds. The molecule has 0 radical (unpaired) electrons. The highest BCUT2D eigenvalue weighted by Gasteiger charge is 2.09. The van der Waals surface area contributed by atoms with E-state index in [4.69, 9.17) is 16.6 Å². The quantitative estimate of drug-likeness (QED) is 0.394. The second-order valence-electron chi connectivity index (χ2n) is 5.45. The topological polar surface area (TPSA) is 12.9 Å². The van der Waals surface area contributed by atoms with Crippen LogP contribution in [-0.2, 0) is 0 Å². The van der Waals surface area contributed by atoms with Crippen molar-refractivity contribution < 1.29 is 0 Å². The maximum absolute atomic E-state index is 6.14. The van der Waals surface area contributed by atoms with Crippen LogP contribution >= 0.6 is 24.0 Å². The van der Waals surface area contributed by atoms with Gasteiger partial charge in [-0.25, -0.2) is 4.98 Å². The highest BCUT2D eigenvalue weighted by Crippen LogP contribution is 2.32. The van der Waals surface area contributed by atoms with Gasteiger partial charge in [-0.3, -0.25) is 0 Å². The van der Waals surface area contributed by atoms with Gasteiger partial charge in [0.25, 0.3) is 0 Å². The minimum Gasteiger partial charge on any atom is -0.248 e. The largest absolute Gasteiger partial charge is 0.248 e. The SMILES string of the molecule is Cl.Clc1cccc(-c2cc(-c3ccccc3)c3ccccc3n2)c1. The molecule has 0 N–H and O–H groups in total. The summed E-state index contributed by atoms with van der Waals surface area (Å²) >= 11 is 6.14. The Balaban J connectivity index is 0.00000169. The van der Waals surface area contributed by atoms with Gasteiger partial charge in [0, 0.05) is 16.0 Å². The molecule has 0 saturated heterocycles. The molecule has 0 atom stereocenters. The van der Waals surface area contributed by atoms with Crippen molar-refractivity contribution in [1.29, 1.82) is 0 Å². The summed E-state index contributed by atoms with van der Waals surface area (Å²) in [5.74, 6) is 0. The summed E-state index contributed by atoms with van der Waals surface area (Å²) in [6, 6.07) is 28.6. The lowest BCUT2D eigenvalue weighted by molar-refractivity contribution is 1.40. The van der Waals surface area contributed by atoms with E-state index in [1.807, 2.05) is 36.4 Å². The lowest BCUT2D eigenvalue weighted by atomic mass is 9.98. The Morgan fingerprint density at radius 1 is 0.667 bits per heavy atom. The molecule has 24 heavy (non-hydrogen) atoms. The van der Waals surface area contributed by atoms with E-state index in [-0.39, 0.29) is 12.4 Å². The summed E-state index contributed by atoms with van der Waals surface area (Å²) in [5, 5.41) is 1.88. The van der Waals surface area contributed by atoms with E-state index in [9.17, 15) is 0 Å². The number of hydrogen-bond acceptors (Lipinski definition) is 1. The second kappa shape index (κ2) is 7.04. The van der Waals surface area contributed by atoms with Crippen molar-refractivity contribution in [1.82, 2.24) is 4.98 Å². The van der Waals surface area contributed by atoms with Crippen molar-refractivity contribution in [3.05, 3.63) is 90.0 Å². The Hall–Kier alpha value is -2.35. The van der Waals surface area contributed by atoms with Crippen LogP contribution in [0.5, 0.6) is 0 Å². The number of nitrogens with zero attached hydrogens (tertiary/aromatic N) is 1. The minimum absolute atomic E-state index is 0. The summed E-state index contributed by atoms with van der Waals surface area (Å²) in [6.07, 6.45) is 0. The molecule has 118 valence electrons. The van der Waals surface area contributed by atoms with Crippen molar-refractivity contribution in [2.24, 2.45) is 0 Å². The van der Waals surface area contributed by atoms with Gasteiger partial charge in [0.05, 0.1) is 11.2 Å². The fraction of sp³-hybridized carbons (Fsp3) is 0. The fourth-order valence-electron chi connectivity index (χ4n) is 2.83. The summed E-state index contributed by atoms with van der Waals surface area (Å²) in [7, 11) is 0. The molecule has 1 nitrogen and oxygen atoms in total. The standard InChI is InChI=1S/C21H14ClN.ClH/c22-17-10-6-9-16(13-17)21-14-19(15-7-2-1-3-8-15)18-11-4-5-12-20(18)23-21;/h1-14H;1H. The van der Waals surface area contributed by atoms with Gasteiger partial charge >= 0.3 is 0 Å².